The summed E-state index contributed by atoms with van der Waals surface area (Å²) in [6.45, 7) is 0.195. The lowest BCUT2D eigenvalue weighted by atomic mass is 10.1. The molecule has 0 radical (unpaired) electrons. The van der Waals surface area contributed by atoms with Crippen molar-refractivity contribution in [2.24, 2.45) is 0 Å². The van der Waals surface area contributed by atoms with Gasteiger partial charge in [0.15, 0.2) is 0 Å². The topological polar surface area (TPSA) is 44.9 Å². The summed E-state index contributed by atoms with van der Waals surface area (Å²) in [4.78, 5) is 15.2. The summed E-state index contributed by atoms with van der Waals surface area (Å²) in [5.41, 5.74) is 1.79. The zero-order valence-electron chi connectivity index (χ0n) is 12.7. The van der Waals surface area contributed by atoms with Gasteiger partial charge in [0.2, 0.25) is 5.91 Å². The molecular weight excluding hydrogens is 317 g/mol. The first kappa shape index (κ1) is 16.1. The number of carbonyl (C=O) groups is 1. The molecule has 0 saturated heterocycles. The van der Waals surface area contributed by atoms with E-state index in [0.29, 0.717) is 5.56 Å². The van der Waals surface area contributed by atoms with Gasteiger partial charge in [-0.25, -0.2) is 0 Å². The highest BCUT2D eigenvalue weighted by atomic mass is 19.4. The molecule has 0 fully saturated rings. The number of aromatic amines is 1. The van der Waals surface area contributed by atoms with Gasteiger partial charge in [0, 0.05) is 23.6 Å². The molecule has 24 heavy (non-hydrogen) atoms. The average molecular weight is 332 g/mol. The van der Waals surface area contributed by atoms with E-state index in [1.807, 2.05) is 30.5 Å². The summed E-state index contributed by atoms with van der Waals surface area (Å²) in [5.74, 6) is -0.177. The van der Waals surface area contributed by atoms with Crippen molar-refractivity contribution >= 4 is 16.8 Å². The van der Waals surface area contributed by atoms with Crippen molar-refractivity contribution in [1.82, 2.24) is 10.3 Å². The van der Waals surface area contributed by atoms with E-state index in [0.717, 1.165) is 28.6 Å². The van der Waals surface area contributed by atoms with Crippen molar-refractivity contribution in [3.05, 3.63) is 71.4 Å². The van der Waals surface area contributed by atoms with Crippen LogP contribution in [0.15, 0.2) is 54.7 Å². The van der Waals surface area contributed by atoms with Gasteiger partial charge in [-0.2, -0.15) is 13.2 Å². The van der Waals surface area contributed by atoms with Crippen LogP contribution in [0, 0.1) is 0 Å². The van der Waals surface area contributed by atoms with E-state index in [2.05, 4.69) is 10.3 Å². The third-order valence-electron chi connectivity index (χ3n) is 3.81. The van der Waals surface area contributed by atoms with Crippen molar-refractivity contribution < 1.29 is 18.0 Å². The molecule has 0 aliphatic carbocycles. The number of H-pyrrole nitrogens is 1. The van der Waals surface area contributed by atoms with E-state index >= 15 is 0 Å². The standard InChI is InChI=1S/C18H15F3N2O/c19-18(20,21)14-6-4-12(5-7-14)11-23-17(24)10-13-2-1-3-16-15(13)8-9-22-16/h1-9,22H,10-11H2,(H,23,24). The maximum Gasteiger partial charge on any atom is 0.416 e. The Morgan fingerprint density at radius 1 is 1.04 bits per heavy atom. The first-order valence-electron chi connectivity index (χ1n) is 7.41. The summed E-state index contributed by atoms with van der Waals surface area (Å²) in [7, 11) is 0. The molecule has 0 aliphatic rings. The summed E-state index contributed by atoms with van der Waals surface area (Å²) in [5, 5.41) is 3.72. The van der Waals surface area contributed by atoms with Gasteiger partial charge in [-0.1, -0.05) is 24.3 Å². The normalized spacial score (nSPS) is 11.6. The molecule has 0 unspecified atom stereocenters. The molecular formula is C18H15F3N2O. The van der Waals surface area contributed by atoms with E-state index in [9.17, 15) is 18.0 Å². The van der Waals surface area contributed by atoms with Crippen LogP contribution in [0.3, 0.4) is 0 Å². The van der Waals surface area contributed by atoms with Gasteiger partial charge in [0.25, 0.3) is 0 Å². The fourth-order valence-corrected chi connectivity index (χ4v) is 2.55. The molecule has 0 atom stereocenters. The molecule has 124 valence electrons. The van der Waals surface area contributed by atoms with E-state index in [1.165, 1.54) is 12.1 Å². The van der Waals surface area contributed by atoms with Crippen molar-refractivity contribution in [2.45, 2.75) is 19.1 Å². The Bertz CT molecular complexity index is 851. The largest absolute Gasteiger partial charge is 0.416 e. The van der Waals surface area contributed by atoms with Crippen molar-refractivity contribution in [3.8, 4) is 0 Å². The number of hydrogen-bond acceptors (Lipinski definition) is 1. The number of benzene rings is 2. The number of halogens is 3. The van der Waals surface area contributed by atoms with Crippen LogP contribution >= 0.6 is 0 Å². The maximum atomic E-state index is 12.5. The highest BCUT2D eigenvalue weighted by molar-refractivity contribution is 5.88. The second-order valence-electron chi connectivity index (χ2n) is 5.50. The van der Waals surface area contributed by atoms with Crippen molar-refractivity contribution in [1.29, 1.82) is 0 Å². The molecule has 0 saturated carbocycles. The fourth-order valence-electron chi connectivity index (χ4n) is 2.55. The van der Waals surface area contributed by atoms with Crippen LogP contribution in [-0.2, 0) is 23.9 Å². The summed E-state index contributed by atoms with van der Waals surface area (Å²) < 4.78 is 37.5. The Morgan fingerprint density at radius 3 is 2.50 bits per heavy atom. The molecule has 0 spiro atoms. The number of hydrogen-bond donors (Lipinski definition) is 2. The van der Waals surface area contributed by atoms with E-state index in [4.69, 9.17) is 0 Å². The predicted octanol–water partition coefficient (Wildman–Crippen LogP) is 4.05. The zero-order valence-corrected chi connectivity index (χ0v) is 12.7. The van der Waals surface area contributed by atoms with E-state index < -0.39 is 11.7 Å². The van der Waals surface area contributed by atoms with Gasteiger partial charge in [-0.05, 0) is 35.4 Å². The van der Waals surface area contributed by atoms with Gasteiger partial charge >= 0.3 is 6.18 Å². The Labute approximate surface area is 136 Å². The third kappa shape index (κ3) is 3.59. The minimum Gasteiger partial charge on any atom is -0.361 e. The molecule has 1 aromatic heterocycles. The second kappa shape index (κ2) is 6.39. The number of carbonyl (C=O) groups excluding carboxylic acids is 1. The lowest BCUT2D eigenvalue weighted by Crippen LogP contribution is -2.24. The van der Waals surface area contributed by atoms with E-state index in [1.54, 1.807) is 0 Å². The Hall–Kier alpha value is -2.76. The highest BCUT2D eigenvalue weighted by Gasteiger charge is 2.29. The Balaban J connectivity index is 1.61. The summed E-state index contributed by atoms with van der Waals surface area (Å²) >= 11 is 0. The highest BCUT2D eigenvalue weighted by Crippen LogP contribution is 2.29. The van der Waals surface area contributed by atoms with Crippen LogP contribution in [0.25, 0.3) is 10.9 Å². The number of alkyl halides is 3. The van der Waals surface area contributed by atoms with Gasteiger partial charge in [-0.3, -0.25) is 4.79 Å². The van der Waals surface area contributed by atoms with Gasteiger partial charge in [-0.15, -0.1) is 0 Å². The minimum absolute atomic E-state index is 0.177. The summed E-state index contributed by atoms with van der Waals surface area (Å²) in [6, 6.07) is 12.4. The molecule has 3 nitrogen and oxygen atoms in total. The predicted molar refractivity (Wildman–Crippen MR) is 85.3 cm³/mol. The zero-order chi connectivity index (χ0) is 17.2. The lowest BCUT2D eigenvalue weighted by Gasteiger charge is -2.09. The Kier molecular flexibility index (Phi) is 4.29. The number of aromatic nitrogens is 1. The van der Waals surface area contributed by atoms with Crippen LogP contribution in [0.1, 0.15) is 16.7 Å². The molecule has 3 aromatic rings. The molecule has 3 rings (SSSR count). The SMILES string of the molecule is O=C(Cc1cccc2[nH]ccc12)NCc1ccc(C(F)(F)F)cc1. The molecule has 0 aliphatic heterocycles. The van der Waals surface area contributed by atoms with Gasteiger partial charge in [0.05, 0.1) is 12.0 Å². The Morgan fingerprint density at radius 2 is 1.79 bits per heavy atom. The molecule has 2 N–H and O–H groups in total. The van der Waals surface area contributed by atoms with Crippen LogP contribution < -0.4 is 5.32 Å². The number of fused-ring (bicyclic) bond motifs is 1. The molecule has 0 bridgehead atoms. The molecule has 1 amide bonds. The maximum absolute atomic E-state index is 12.5. The number of nitrogens with one attached hydrogen (secondary N) is 2. The fraction of sp³-hybridized carbons (Fsp3) is 0.167. The minimum atomic E-state index is -4.35. The van der Waals surface area contributed by atoms with Crippen molar-refractivity contribution in [2.75, 3.05) is 0 Å². The third-order valence-corrected chi connectivity index (χ3v) is 3.81. The first-order chi connectivity index (χ1) is 11.4. The van der Waals surface area contributed by atoms with Crippen LogP contribution in [0.5, 0.6) is 0 Å². The van der Waals surface area contributed by atoms with E-state index in [-0.39, 0.29) is 18.9 Å². The average Bonchev–Trinajstić information content (AvgIpc) is 3.02. The smallest absolute Gasteiger partial charge is 0.361 e. The monoisotopic (exact) mass is 332 g/mol. The van der Waals surface area contributed by atoms with Crippen molar-refractivity contribution in [3.63, 3.8) is 0 Å². The lowest BCUT2D eigenvalue weighted by molar-refractivity contribution is -0.137. The van der Waals surface area contributed by atoms with Crippen LogP contribution in [0.2, 0.25) is 0 Å². The number of rotatable bonds is 4. The molecule has 1 heterocycles. The van der Waals surface area contributed by atoms with Gasteiger partial charge < -0.3 is 10.3 Å². The summed E-state index contributed by atoms with van der Waals surface area (Å²) in [6.07, 6.45) is -2.32. The number of amides is 1. The van der Waals surface area contributed by atoms with Gasteiger partial charge in [0.1, 0.15) is 0 Å². The molecule has 2 aromatic carbocycles. The first-order valence-corrected chi connectivity index (χ1v) is 7.41. The molecule has 6 heteroatoms. The quantitative estimate of drug-likeness (QED) is 0.744. The van der Waals surface area contributed by atoms with Crippen LogP contribution in [-0.4, -0.2) is 10.9 Å². The van der Waals surface area contributed by atoms with Crippen LogP contribution in [0.4, 0.5) is 13.2 Å². The second-order valence-corrected chi connectivity index (χ2v) is 5.50.